The minimum Gasteiger partial charge on any atom is -0.372 e. The highest BCUT2D eigenvalue weighted by Gasteiger charge is 2.23. The maximum atomic E-state index is 9.43. The number of aromatic nitrogens is 3. The lowest BCUT2D eigenvalue weighted by Gasteiger charge is -2.37. The molecule has 0 spiro atoms. The lowest BCUT2D eigenvalue weighted by molar-refractivity contribution is -0.00521. The molecule has 0 bridgehead atoms. The summed E-state index contributed by atoms with van der Waals surface area (Å²) in [7, 11) is 0. The monoisotopic (exact) mass is 440 g/mol. The van der Waals surface area contributed by atoms with Crippen molar-refractivity contribution < 1.29 is 4.74 Å². The average molecular weight is 441 g/mol. The molecule has 7 nitrogen and oxygen atoms in total. The van der Waals surface area contributed by atoms with Crippen LogP contribution in [0.1, 0.15) is 43.5 Å². The molecule has 0 radical (unpaired) electrons. The van der Waals surface area contributed by atoms with Gasteiger partial charge in [0, 0.05) is 36.6 Å². The van der Waals surface area contributed by atoms with E-state index in [2.05, 4.69) is 66.3 Å². The zero-order chi connectivity index (χ0) is 23.1. The zero-order valence-corrected chi connectivity index (χ0v) is 19.4. The van der Waals surface area contributed by atoms with Gasteiger partial charge in [-0.05, 0) is 63.1 Å². The fraction of sp³-hybridized carbons (Fsp3) is 0.346. The lowest BCUT2D eigenvalue weighted by atomic mass is 9.98. The number of imidazole rings is 1. The van der Waals surface area contributed by atoms with Crippen LogP contribution in [0.3, 0.4) is 0 Å². The summed E-state index contributed by atoms with van der Waals surface area (Å²) in [6, 6.07) is 14.6. The Balaban J connectivity index is 1.59. The molecule has 1 aliphatic heterocycles. The topological polar surface area (TPSA) is 78.5 Å². The zero-order valence-electron chi connectivity index (χ0n) is 19.4. The second-order valence-corrected chi connectivity index (χ2v) is 8.92. The van der Waals surface area contributed by atoms with Gasteiger partial charge in [0.1, 0.15) is 5.82 Å². The van der Waals surface area contributed by atoms with Crippen molar-refractivity contribution in [2.24, 2.45) is 0 Å². The second-order valence-electron chi connectivity index (χ2n) is 8.92. The summed E-state index contributed by atoms with van der Waals surface area (Å²) in [5.41, 5.74) is 4.97. The first-order valence-corrected chi connectivity index (χ1v) is 11.4. The fourth-order valence-electron chi connectivity index (χ4n) is 4.87. The molecule has 0 amide bonds. The summed E-state index contributed by atoms with van der Waals surface area (Å²) < 4.78 is 7.94. The van der Waals surface area contributed by atoms with Crippen molar-refractivity contribution in [3.8, 4) is 6.07 Å². The van der Waals surface area contributed by atoms with Crippen LogP contribution >= 0.6 is 0 Å². The van der Waals surface area contributed by atoms with Gasteiger partial charge in [-0.15, -0.1) is 0 Å². The molecule has 5 rings (SSSR count). The van der Waals surface area contributed by atoms with Crippen LogP contribution in [0, 0.1) is 18.3 Å². The molecule has 3 heterocycles. The summed E-state index contributed by atoms with van der Waals surface area (Å²) in [6.45, 7) is 10.0. The van der Waals surface area contributed by atoms with E-state index < -0.39 is 0 Å². The summed E-state index contributed by atoms with van der Waals surface area (Å²) in [4.78, 5) is 11.7. The number of nitriles is 1. The van der Waals surface area contributed by atoms with Crippen LogP contribution in [0.2, 0.25) is 0 Å². The number of nitrogens with zero attached hydrogens (tertiary/aromatic N) is 5. The number of ether oxygens (including phenoxy) is 1. The minimum absolute atomic E-state index is 0.0292. The Kier molecular flexibility index (Phi) is 5.39. The van der Waals surface area contributed by atoms with Crippen LogP contribution in [-0.4, -0.2) is 39.7 Å². The molecular formula is C26H28N6O. The number of fused-ring (bicyclic) bond motifs is 3. The van der Waals surface area contributed by atoms with Crippen molar-refractivity contribution in [2.75, 3.05) is 23.3 Å². The van der Waals surface area contributed by atoms with E-state index in [1.807, 2.05) is 29.7 Å². The summed E-state index contributed by atoms with van der Waals surface area (Å²) in [5, 5.41) is 14.1. The Bertz CT molecular complexity index is 1360. The fourth-order valence-corrected chi connectivity index (χ4v) is 4.87. The predicted octanol–water partition coefficient (Wildman–Crippen LogP) is 4.85. The first kappa shape index (κ1) is 21.2. The number of hydrogen-bond acceptors (Lipinski definition) is 6. The van der Waals surface area contributed by atoms with Crippen LogP contribution in [0.5, 0.6) is 0 Å². The van der Waals surface area contributed by atoms with Gasteiger partial charge in [0.15, 0.2) is 0 Å². The van der Waals surface area contributed by atoms with Crippen LogP contribution in [-0.2, 0) is 4.74 Å². The number of anilines is 2. The van der Waals surface area contributed by atoms with Gasteiger partial charge in [-0.3, -0.25) is 4.40 Å². The summed E-state index contributed by atoms with van der Waals surface area (Å²) >= 11 is 0. The van der Waals surface area contributed by atoms with Crippen molar-refractivity contribution >= 4 is 28.2 Å². The minimum atomic E-state index is -0.0292. The second kappa shape index (κ2) is 8.38. The first-order chi connectivity index (χ1) is 15.9. The van der Waals surface area contributed by atoms with Gasteiger partial charge >= 0.3 is 0 Å². The number of nitrogens with one attached hydrogen (secondary N) is 1. The van der Waals surface area contributed by atoms with Crippen LogP contribution in [0.4, 0.5) is 11.5 Å². The largest absolute Gasteiger partial charge is 0.372 e. The molecule has 1 saturated heterocycles. The number of rotatable bonds is 4. The maximum absolute atomic E-state index is 9.43. The number of hydrogen-bond donors (Lipinski definition) is 1. The van der Waals surface area contributed by atoms with E-state index in [-0.39, 0.29) is 18.2 Å². The molecule has 4 aromatic rings. The van der Waals surface area contributed by atoms with Gasteiger partial charge in [-0.25, -0.2) is 4.98 Å². The van der Waals surface area contributed by atoms with Gasteiger partial charge in [0.25, 0.3) is 0 Å². The highest BCUT2D eigenvalue weighted by atomic mass is 16.5. The number of morpholine rings is 1. The van der Waals surface area contributed by atoms with E-state index in [0.717, 1.165) is 46.6 Å². The van der Waals surface area contributed by atoms with E-state index in [4.69, 9.17) is 9.72 Å². The summed E-state index contributed by atoms with van der Waals surface area (Å²) in [5.74, 6) is 1.44. The molecule has 3 atom stereocenters. The average Bonchev–Trinajstić information content (AvgIpc) is 3.27. The number of benzene rings is 2. The molecule has 2 aromatic heterocycles. The van der Waals surface area contributed by atoms with Crippen molar-refractivity contribution in [1.29, 1.82) is 5.26 Å². The van der Waals surface area contributed by atoms with Crippen LogP contribution in [0.25, 0.3) is 16.7 Å². The SMILES string of the molecule is Cc1c(C#N)cccc1[C@@H](C)Nc1nc2nccn2c2ccc(N3C[C@@H](C)O[C@@H](C)C3)cc12. The Hall–Kier alpha value is -3.63. The van der Waals surface area contributed by atoms with E-state index in [0.29, 0.717) is 11.3 Å². The lowest BCUT2D eigenvalue weighted by Crippen LogP contribution is -2.45. The molecule has 33 heavy (non-hydrogen) atoms. The molecule has 2 aromatic carbocycles. The van der Waals surface area contributed by atoms with E-state index >= 15 is 0 Å². The third-order valence-corrected chi connectivity index (χ3v) is 6.43. The molecule has 7 heteroatoms. The van der Waals surface area contributed by atoms with Crippen LogP contribution in [0.15, 0.2) is 48.8 Å². The Morgan fingerprint density at radius 2 is 1.97 bits per heavy atom. The Labute approximate surface area is 193 Å². The Morgan fingerprint density at radius 1 is 1.18 bits per heavy atom. The van der Waals surface area contributed by atoms with Gasteiger partial charge in [-0.1, -0.05) is 12.1 Å². The molecule has 168 valence electrons. The standard InChI is InChI=1S/C26H28N6O/c1-16-14-31(15-17(2)33-16)21-8-9-24-23(12-21)25(30-26-28-10-11-32(24)26)29-19(4)22-7-5-6-20(13-27)18(22)3/h5-12,16-17,19H,14-15H2,1-4H3,(H,28,29,30)/t16-,17+,19-/m1/s1. The van der Waals surface area contributed by atoms with Crippen LogP contribution < -0.4 is 10.2 Å². The molecule has 0 aliphatic carbocycles. The maximum Gasteiger partial charge on any atom is 0.236 e. The molecule has 1 fully saturated rings. The van der Waals surface area contributed by atoms with Gasteiger partial charge in [0.05, 0.1) is 35.4 Å². The van der Waals surface area contributed by atoms with Gasteiger partial charge in [0.2, 0.25) is 5.78 Å². The molecule has 1 aliphatic rings. The normalized spacial score (nSPS) is 19.5. The van der Waals surface area contributed by atoms with Crippen molar-refractivity contribution in [2.45, 2.75) is 45.9 Å². The third kappa shape index (κ3) is 3.87. The third-order valence-electron chi connectivity index (χ3n) is 6.43. The highest BCUT2D eigenvalue weighted by Crippen LogP contribution is 2.32. The van der Waals surface area contributed by atoms with Gasteiger partial charge in [-0.2, -0.15) is 10.2 Å². The van der Waals surface area contributed by atoms with E-state index in [9.17, 15) is 5.26 Å². The van der Waals surface area contributed by atoms with E-state index in [1.54, 1.807) is 6.20 Å². The quantitative estimate of drug-likeness (QED) is 0.489. The molecular weight excluding hydrogens is 412 g/mol. The smallest absolute Gasteiger partial charge is 0.236 e. The van der Waals surface area contributed by atoms with Crippen molar-refractivity contribution in [1.82, 2.24) is 14.4 Å². The van der Waals surface area contributed by atoms with Crippen molar-refractivity contribution in [3.05, 3.63) is 65.5 Å². The molecule has 0 unspecified atom stereocenters. The Morgan fingerprint density at radius 3 is 2.73 bits per heavy atom. The summed E-state index contributed by atoms with van der Waals surface area (Å²) in [6.07, 6.45) is 4.09. The first-order valence-electron chi connectivity index (χ1n) is 11.4. The molecule has 0 saturated carbocycles. The van der Waals surface area contributed by atoms with Gasteiger partial charge < -0.3 is 15.0 Å². The predicted molar refractivity (Wildman–Crippen MR) is 131 cm³/mol. The highest BCUT2D eigenvalue weighted by molar-refractivity contribution is 5.94. The van der Waals surface area contributed by atoms with E-state index in [1.165, 1.54) is 0 Å². The molecule has 1 N–H and O–H groups in total. The van der Waals surface area contributed by atoms with Crippen molar-refractivity contribution in [3.63, 3.8) is 0 Å².